The van der Waals surface area contributed by atoms with Crippen LogP contribution in [0.15, 0.2) is 24.3 Å². The summed E-state index contributed by atoms with van der Waals surface area (Å²) in [6, 6.07) is 5.43. The number of esters is 2. The fourth-order valence-corrected chi connectivity index (χ4v) is 2.48. The Labute approximate surface area is 122 Å². The van der Waals surface area contributed by atoms with Crippen molar-refractivity contribution in [3.63, 3.8) is 0 Å². The zero-order chi connectivity index (χ0) is 16.0. The lowest BCUT2D eigenvalue weighted by Crippen LogP contribution is -2.20. The van der Waals surface area contributed by atoms with Crippen molar-refractivity contribution in [2.75, 3.05) is 5.32 Å². The van der Waals surface area contributed by atoms with E-state index in [2.05, 4.69) is 10.1 Å². The van der Waals surface area contributed by atoms with Gasteiger partial charge in [-0.1, -0.05) is 6.07 Å². The number of benzene rings is 2. The summed E-state index contributed by atoms with van der Waals surface area (Å²) in [4.78, 5) is 45.5. The van der Waals surface area contributed by atoms with Crippen LogP contribution in [0.4, 0.5) is 11.4 Å². The number of amides is 1. The number of hydrogen-bond donors (Lipinski definition) is 1. The molecule has 0 bridgehead atoms. The van der Waals surface area contributed by atoms with Gasteiger partial charge in [0.2, 0.25) is 5.91 Å². The summed E-state index contributed by atoms with van der Waals surface area (Å²) in [6.07, 6.45) is 0. The first kappa shape index (κ1) is 13.7. The number of nitrogens with zero attached hydrogens (tertiary/aromatic N) is 1. The molecule has 3 rings (SSSR count). The number of cyclic esters (lactones) is 2. The molecule has 22 heavy (non-hydrogen) atoms. The SMILES string of the molecule is CC(=O)Nc1cc2c3c(cccc3c1[N+](=O)[O-])C(=O)OC2=O. The van der Waals surface area contributed by atoms with Crippen molar-refractivity contribution in [3.05, 3.63) is 45.5 Å². The van der Waals surface area contributed by atoms with E-state index in [1.807, 2.05) is 0 Å². The molecule has 1 aliphatic heterocycles. The molecule has 0 fully saturated rings. The van der Waals surface area contributed by atoms with Gasteiger partial charge < -0.3 is 10.1 Å². The van der Waals surface area contributed by atoms with Gasteiger partial charge in [0.25, 0.3) is 0 Å². The summed E-state index contributed by atoms with van der Waals surface area (Å²) in [5.74, 6) is -2.29. The summed E-state index contributed by atoms with van der Waals surface area (Å²) in [7, 11) is 0. The average Bonchev–Trinajstić information content (AvgIpc) is 2.43. The molecule has 8 nitrogen and oxygen atoms in total. The predicted molar refractivity (Wildman–Crippen MR) is 74.7 cm³/mol. The van der Waals surface area contributed by atoms with Crippen LogP contribution in [-0.4, -0.2) is 22.8 Å². The lowest BCUT2D eigenvalue weighted by atomic mass is 9.95. The Hall–Kier alpha value is -3.29. The van der Waals surface area contributed by atoms with Gasteiger partial charge in [0.1, 0.15) is 5.69 Å². The largest absolute Gasteiger partial charge is 0.386 e. The van der Waals surface area contributed by atoms with E-state index in [4.69, 9.17) is 0 Å². The zero-order valence-corrected chi connectivity index (χ0v) is 11.2. The molecule has 0 radical (unpaired) electrons. The number of rotatable bonds is 2. The Kier molecular flexibility index (Phi) is 2.87. The maximum atomic E-state index is 11.9. The van der Waals surface area contributed by atoms with Gasteiger partial charge in [-0.15, -0.1) is 0 Å². The molecule has 1 amide bonds. The fourth-order valence-electron chi connectivity index (χ4n) is 2.48. The molecule has 0 unspecified atom stereocenters. The Morgan fingerprint density at radius 3 is 2.55 bits per heavy atom. The highest BCUT2D eigenvalue weighted by Crippen LogP contribution is 2.39. The van der Waals surface area contributed by atoms with Crippen molar-refractivity contribution in [2.24, 2.45) is 0 Å². The maximum absolute atomic E-state index is 11.9. The monoisotopic (exact) mass is 300 g/mol. The summed E-state index contributed by atoms with van der Waals surface area (Å²) >= 11 is 0. The number of hydrogen-bond acceptors (Lipinski definition) is 6. The second-order valence-electron chi connectivity index (χ2n) is 4.66. The van der Waals surface area contributed by atoms with Crippen LogP contribution in [0.2, 0.25) is 0 Å². The second kappa shape index (κ2) is 4.62. The summed E-state index contributed by atoms with van der Waals surface area (Å²) < 4.78 is 4.60. The van der Waals surface area contributed by atoms with Crippen molar-refractivity contribution >= 4 is 40.0 Å². The molecule has 0 atom stereocenters. The number of nitro benzene ring substituents is 1. The number of nitro groups is 1. The highest BCUT2D eigenvalue weighted by atomic mass is 16.6. The van der Waals surface area contributed by atoms with Crippen LogP contribution in [-0.2, 0) is 9.53 Å². The van der Waals surface area contributed by atoms with Crippen LogP contribution in [0.3, 0.4) is 0 Å². The molecule has 110 valence electrons. The number of ether oxygens (including phenoxy) is 1. The fraction of sp³-hybridized carbons (Fsp3) is 0.0714. The molecular weight excluding hydrogens is 292 g/mol. The average molecular weight is 300 g/mol. The molecule has 1 heterocycles. The van der Waals surface area contributed by atoms with Crippen LogP contribution < -0.4 is 5.32 Å². The second-order valence-corrected chi connectivity index (χ2v) is 4.66. The van der Waals surface area contributed by atoms with E-state index in [1.54, 1.807) is 0 Å². The minimum Gasteiger partial charge on any atom is -0.386 e. The molecule has 0 saturated carbocycles. The van der Waals surface area contributed by atoms with Gasteiger partial charge in [0.15, 0.2) is 0 Å². The van der Waals surface area contributed by atoms with Crippen LogP contribution >= 0.6 is 0 Å². The van der Waals surface area contributed by atoms with Gasteiger partial charge in [-0.2, -0.15) is 0 Å². The number of carbonyl (C=O) groups excluding carboxylic acids is 3. The molecule has 0 aromatic heterocycles. The Balaban J connectivity index is 2.48. The normalized spacial score (nSPS) is 13.0. The molecule has 1 N–H and O–H groups in total. The Morgan fingerprint density at radius 2 is 1.91 bits per heavy atom. The van der Waals surface area contributed by atoms with Crippen LogP contribution in [0.25, 0.3) is 10.8 Å². The molecule has 1 aliphatic rings. The lowest BCUT2D eigenvalue weighted by Gasteiger charge is -2.17. The molecule has 0 aliphatic carbocycles. The van der Waals surface area contributed by atoms with E-state index in [1.165, 1.54) is 25.1 Å². The standard InChI is InChI=1S/C14H8N2O6/c1-6(17)15-10-5-9-11-7(12(10)16(20)21)3-2-4-8(11)13(18)22-14(9)19/h2-5H,1H3,(H,15,17). The predicted octanol–water partition coefficient (Wildman–Crippen LogP) is 2.02. The van der Waals surface area contributed by atoms with E-state index in [0.29, 0.717) is 0 Å². The highest BCUT2D eigenvalue weighted by Gasteiger charge is 2.32. The third-order valence-corrected chi connectivity index (χ3v) is 3.25. The first-order chi connectivity index (χ1) is 10.4. The minimum atomic E-state index is -0.907. The van der Waals surface area contributed by atoms with Gasteiger partial charge in [0, 0.05) is 12.3 Å². The third-order valence-electron chi connectivity index (χ3n) is 3.25. The van der Waals surface area contributed by atoms with E-state index in [0.717, 1.165) is 6.07 Å². The molecule has 2 aromatic rings. The first-order valence-electron chi connectivity index (χ1n) is 6.18. The first-order valence-corrected chi connectivity index (χ1v) is 6.18. The van der Waals surface area contributed by atoms with Crippen molar-refractivity contribution in [1.29, 1.82) is 0 Å². The summed E-state index contributed by atoms with van der Waals surface area (Å²) in [6.45, 7) is 1.19. The summed E-state index contributed by atoms with van der Waals surface area (Å²) in [5.41, 5.74) is -0.425. The van der Waals surface area contributed by atoms with Gasteiger partial charge >= 0.3 is 17.6 Å². The molecule has 8 heteroatoms. The third kappa shape index (κ3) is 1.89. The van der Waals surface area contributed by atoms with Gasteiger partial charge in [0.05, 0.1) is 21.4 Å². The van der Waals surface area contributed by atoms with Crippen molar-refractivity contribution in [2.45, 2.75) is 6.92 Å². The van der Waals surface area contributed by atoms with E-state index in [9.17, 15) is 24.5 Å². The quantitative estimate of drug-likeness (QED) is 0.392. The number of anilines is 1. The molecule has 0 saturated heterocycles. The number of nitrogens with one attached hydrogen (secondary N) is 1. The van der Waals surface area contributed by atoms with Crippen LogP contribution in [0.1, 0.15) is 27.6 Å². The maximum Gasteiger partial charge on any atom is 0.346 e. The van der Waals surface area contributed by atoms with Crippen molar-refractivity contribution in [3.8, 4) is 0 Å². The smallest absolute Gasteiger partial charge is 0.346 e. The van der Waals surface area contributed by atoms with Gasteiger partial charge in [-0.3, -0.25) is 14.9 Å². The summed E-state index contributed by atoms with van der Waals surface area (Å²) in [5, 5.41) is 13.9. The van der Waals surface area contributed by atoms with E-state index < -0.39 is 22.8 Å². The molecule has 0 spiro atoms. The van der Waals surface area contributed by atoms with Crippen LogP contribution in [0.5, 0.6) is 0 Å². The van der Waals surface area contributed by atoms with Crippen molar-refractivity contribution < 1.29 is 24.0 Å². The van der Waals surface area contributed by atoms with E-state index in [-0.39, 0.29) is 33.3 Å². The lowest BCUT2D eigenvalue weighted by molar-refractivity contribution is -0.382. The Morgan fingerprint density at radius 1 is 1.23 bits per heavy atom. The Bertz CT molecular complexity index is 887. The highest BCUT2D eigenvalue weighted by molar-refractivity contribution is 6.23. The topological polar surface area (TPSA) is 116 Å². The van der Waals surface area contributed by atoms with Crippen LogP contribution in [0, 0.1) is 10.1 Å². The van der Waals surface area contributed by atoms with Gasteiger partial charge in [-0.05, 0) is 18.2 Å². The van der Waals surface area contributed by atoms with Gasteiger partial charge in [-0.25, -0.2) is 9.59 Å². The molecular formula is C14H8N2O6. The van der Waals surface area contributed by atoms with Crippen molar-refractivity contribution in [1.82, 2.24) is 0 Å². The zero-order valence-electron chi connectivity index (χ0n) is 11.2. The minimum absolute atomic E-state index is 0.000417. The molecule has 2 aromatic carbocycles. The number of carbonyl (C=O) groups is 3. The van der Waals surface area contributed by atoms with E-state index >= 15 is 0 Å².